The van der Waals surface area contributed by atoms with Gasteiger partial charge in [0.15, 0.2) is 11.5 Å². The van der Waals surface area contributed by atoms with Crippen LogP contribution in [-0.2, 0) is 0 Å². The molecule has 84 valence electrons. The molecule has 1 aromatic carbocycles. The van der Waals surface area contributed by atoms with Crippen molar-refractivity contribution in [3.8, 4) is 11.5 Å². The summed E-state index contributed by atoms with van der Waals surface area (Å²) in [4.78, 5) is 0. The maximum absolute atomic E-state index is 13.2. The van der Waals surface area contributed by atoms with Gasteiger partial charge < -0.3 is 20.7 Å². The molecule has 0 spiro atoms. The Hall–Kier alpha value is -1.04. The first-order valence-corrected chi connectivity index (χ1v) is 4.53. The molecule has 1 aromatic rings. The van der Waals surface area contributed by atoms with Gasteiger partial charge in [0.25, 0.3) is 0 Å². The Morgan fingerprint density at radius 2 is 2.27 bits per heavy atom. The van der Waals surface area contributed by atoms with Crippen molar-refractivity contribution in [2.75, 3.05) is 13.7 Å². The number of halogens is 2. The third-order valence-electron chi connectivity index (χ3n) is 1.95. The number of benzene rings is 1. The van der Waals surface area contributed by atoms with Gasteiger partial charge in [-0.25, -0.2) is 4.39 Å². The van der Waals surface area contributed by atoms with E-state index >= 15 is 0 Å². The number of aliphatic hydroxyl groups excluding tert-OH is 1. The number of nitrogens with two attached hydrogens (primary N) is 1. The van der Waals surface area contributed by atoms with Gasteiger partial charge in [-0.3, -0.25) is 0 Å². The smallest absolute Gasteiger partial charge is 0.168 e. The SMILES string of the molecule is COc1c(O)cc(F)c(Cl)c1C(O)CN. The van der Waals surface area contributed by atoms with Gasteiger partial charge in [0, 0.05) is 18.2 Å². The number of methoxy groups -OCH3 is 1. The molecule has 1 rings (SSSR count). The van der Waals surface area contributed by atoms with E-state index in [9.17, 15) is 14.6 Å². The Morgan fingerprint density at radius 3 is 2.73 bits per heavy atom. The third-order valence-corrected chi connectivity index (χ3v) is 2.33. The van der Waals surface area contributed by atoms with Crippen LogP contribution in [0.2, 0.25) is 5.02 Å². The van der Waals surface area contributed by atoms with Crippen LogP contribution in [0.25, 0.3) is 0 Å². The van der Waals surface area contributed by atoms with Gasteiger partial charge >= 0.3 is 0 Å². The standard InChI is InChI=1S/C9H11ClFNO3/c1-15-9-5(13)2-4(11)8(10)7(9)6(14)3-12/h2,6,13-14H,3,12H2,1H3. The van der Waals surface area contributed by atoms with Crippen molar-refractivity contribution < 1.29 is 19.3 Å². The Kier molecular flexibility index (Phi) is 3.73. The normalized spacial score (nSPS) is 12.6. The Labute approximate surface area is 91.0 Å². The van der Waals surface area contributed by atoms with E-state index in [-0.39, 0.29) is 22.9 Å². The van der Waals surface area contributed by atoms with Gasteiger partial charge in [-0.15, -0.1) is 0 Å². The quantitative estimate of drug-likeness (QED) is 0.736. The maximum atomic E-state index is 13.2. The third kappa shape index (κ3) is 2.14. The van der Waals surface area contributed by atoms with E-state index in [4.69, 9.17) is 22.1 Å². The van der Waals surface area contributed by atoms with Crippen molar-refractivity contribution in [3.05, 3.63) is 22.5 Å². The zero-order valence-electron chi connectivity index (χ0n) is 8.00. The summed E-state index contributed by atoms with van der Waals surface area (Å²) >= 11 is 5.64. The second-order valence-corrected chi connectivity index (χ2v) is 3.27. The zero-order valence-corrected chi connectivity index (χ0v) is 8.75. The molecule has 0 saturated carbocycles. The van der Waals surface area contributed by atoms with Crippen molar-refractivity contribution in [2.24, 2.45) is 5.73 Å². The molecule has 15 heavy (non-hydrogen) atoms. The summed E-state index contributed by atoms with van der Waals surface area (Å²) in [6.45, 7) is -0.154. The monoisotopic (exact) mass is 235 g/mol. The average Bonchev–Trinajstić information content (AvgIpc) is 2.21. The first-order valence-electron chi connectivity index (χ1n) is 4.15. The Bertz CT molecular complexity index is 373. The van der Waals surface area contributed by atoms with Crippen LogP contribution in [0.5, 0.6) is 11.5 Å². The topological polar surface area (TPSA) is 75.7 Å². The predicted octanol–water partition coefficient (Wildman–Crippen LogP) is 1.19. The second-order valence-electron chi connectivity index (χ2n) is 2.89. The largest absolute Gasteiger partial charge is 0.504 e. The molecule has 1 unspecified atom stereocenters. The van der Waals surface area contributed by atoms with E-state index in [1.807, 2.05) is 0 Å². The highest BCUT2D eigenvalue weighted by Crippen LogP contribution is 2.40. The molecular formula is C9H11ClFNO3. The Morgan fingerprint density at radius 1 is 1.67 bits per heavy atom. The summed E-state index contributed by atoms with van der Waals surface area (Å²) in [6, 6.07) is 0.813. The second kappa shape index (κ2) is 4.65. The van der Waals surface area contributed by atoms with Crippen molar-refractivity contribution in [1.82, 2.24) is 0 Å². The van der Waals surface area contributed by atoms with Gasteiger partial charge in [0.05, 0.1) is 18.2 Å². The van der Waals surface area contributed by atoms with Crippen LogP contribution in [0.1, 0.15) is 11.7 Å². The molecule has 6 heteroatoms. The van der Waals surface area contributed by atoms with Gasteiger partial charge in [-0.1, -0.05) is 11.6 Å². The first kappa shape index (κ1) is 12.0. The van der Waals surface area contributed by atoms with Gasteiger partial charge in [0.2, 0.25) is 0 Å². The van der Waals surface area contributed by atoms with Crippen LogP contribution < -0.4 is 10.5 Å². The number of phenolic OH excluding ortho intramolecular Hbond substituents is 1. The number of ether oxygens (including phenoxy) is 1. The minimum absolute atomic E-state index is 0.0424. The zero-order chi connectivity index (χ0) is 11.6. The molecule has 0 bridgehead atoms. The molecule has 4 nitrogen and oxygen atoms in total. The number of hydrogen-bond donors (Lipinski definition) is 3. The summed E-state index contributed by atoms with van der Waals surface area (Å²) < 4.78 is 18.0. The molecule has 0 aliphatic rings. The number of aliphatic hydroxyl groups is 1. The summed E-state index contributed by atoms with van der Waals surface area (Å²) in [7, 11) is 1.27. The van der Waals surface area contributed by atoms with Crippen LogP contribution in [0.3, 0.4) is 0 Å². The van der Waals surface area contributed by atoms with Gasteiger partial charge in [-0.05, 0) is 0 Å². The van der Waals surface area contributed by atoms with Crippen molar-refractivity contribution in [2.45, 2.75) is 6.10 Å². The fourth-order valence-electron chi connectivity index (χ4n) is 1.25. The summed E-state index contributed by atoms with van der Waals surface area (Å²) in [5.74, 6) is -1.33. The molecule has 1 atom stereocenters. The van der Waals surface area contributed by atoms with Crippen molar-refractivity contribution >= 4 is 11.6 Å². The maximum Gasteiger partial charge on any atom is 0.168 e. The van der Waals surface area contributed by atoms with Crippen LogP contribution in [-0.4, -0.2) is 23.9 Å². The minimum Gasteiger partial charge on any atom is -0.504 e. The van der Waals surface area contributed by atoms with Crippen LogP contribution in [0.15, 0.2) is 6.07 Å². The molecular weight excluding hydrogens is 225 g/mol. The molecule has 0 amide bonds. The lowest BCUT2D eigenvalue weighted by Gasteiger charge is -2.16. The lowest BCUT2D eigenvalue weighted by Crippen LogP contribution is -2.13. The number of rotatable bonds is 3. The molecule has 0 heterocycles. The molecule has 0 aliphatic heterocycles. The van der Waals surface area contributed by atoms with E-state index in [2.05, 4.69) is 0 Å². The molecule has 0 radical (unpaired) electrons. The van der Waals surface area contributed by atoms with Crippen molar-refractivity contribution in [1.29, 1.82) is 0 Å². The summed E-state index contributed by atoms with van der Waals surface area (Å²) in [5, 5.41) is 18.6. The highest BCUT2D eigenvalue weighted by molar-refractivity contribution is 6.31. The minimum atomic E-state index is -1.19. The number of phenols is 1. The van der Waals surface area contributed by atoms with E-state index < -0.39 is 17.7 Å². The molecule has 0 aromatic heterocycles. The van der Waals surface area contributed by atoms with E-state index in [0.717, 1.165) is 6.07 Å². The molecule has 0 saturated heterocycles. The van der Waals surface area contributed by atoms with E-state index in [1.165, 1.54) is 7.11 Å². The lowest BCUT2D eigenvalue weighted by molar-refractivity contribution is 0.180. The highest BCUT2D eigenvalue weighted by atomic mass is 35.5. The number of aromatic hydroxyl groups is 1. The van der Waals surface area contributed by atoms with E-state index in [1.54, 1.807) is 0 Å². The highest BCUT2D eigenvalue weighted by Gasteiger charge is 2.22. The van der Waals surface area contributed by atoms with Crippen LogP contribution in [0.4, 0.5) is 4.39 Å². The average molecular weight is 236 g/mol. The first-order chi connectivity index (χ1) is 7.02. The fourth-order valence-corrected chi connectivity index (χ4v) is 1.51. The van der Waals surface area contributed by atoms with Crippen molar-refractivity contribution in [3.63, 3.8) is 0 Å². The molecule has 4 N–H and O–H groups in total. The summed E-state index contributed by atoms with van der Waals surface area (Å²) in [5.41, 5.74) is 5.19. The molecule has 0 aliphatic carbocycles. The predicted molar refractivity (Wildman–Crippen MR) is 53.6 cm³/mol. The Balaban J connectivity index is 3.43. The summed E-state index contributed by atoms with van der Waals surface area (Å²) in [6.07, 6.45) is -1.19. The fraction of sp³-hybridized carbons (Fsp3) is 0.333. The van der Waals surface area contributed by atoms with Gasteiger partial charge in [-0.2, -0.15) is 0 Å². The van der Waals surface area contributed by atoms with Crippen LogP contribution >= 0.6 is 11.6 Å². The lowest BCUT2D eigenvalue weighted by atomic mass is 10.1. The van der Waals surface area contributed by atoms with Crippen LogP contribution in [0, 0.1) is 5.82 Å². The number of hydrogen-bond acceptors (Lipinski definition) is 4. The van der Waals surface area contributed by atoms with E-state index in [0.29, 0.717) is 0 Å². The van der Waals surface area contributed by atoms with Gasteiger partial charge in [0.1, 0.15) is 5.82 Å². The molecule has 0 fully saturated rings.